The molecule has 2 rings (SSSR count). The number of aliphatic hydroxyl groups excluding tert-OH is 3. The quantitative estimate of drug-likeness (QED) is 0.262. The minimum Gasteiger partial charge on any atom is -0.394 e. The minimum absolute atomic E-state index is 0.572. The van der Waals surface area contributed by atoms with Crippen LogP contribution in [0.5, 0.6) is 0 Å². The maximum absolute atomic E-state index is 11.9. The van der Waals surface area contributed by atoms with E-state index in [9.17, 15) is 19.6 Å². The van der Waals surface area contributed by atoms with Crippen LogP contribution in [0.1, 0.15) is 0 Å². The van der Waals surface area contributed by atoms with Crippen LogP contribution < -0.4 is 11.1 Å². The Kier molecular flexibility index (Phi) is 4.12. The number of nitrogens with one attached hydrogen (secondary N) is 1. The van der Waals surface area contributed by atoms with Gasteiger partial charge in [-0.2, -0.15) is 0 Å². The van der Waals surface area contributed by atoms with Crippen molar-refractivity contribution in [1.82, 2.24) is 10.2 Å². The van der Waals surface area contributed by atoms with Gasteiger partial charge in [0.1, 0.15) is 18.3 Å². The van der Waals surface area contributed by atoms with Gasteiger partial charge in [-0.3, -0.25) is 15.2 Å². The Morgan fingerprint density at radius 3 is 2.48 bits per heavy atom. The second kappa shape index (κ2) is 5.30. The first-order valence-corrected chi connectivity index (χ1v) is 7.49. The van der Waals surface area contributed by atoms with Gasteiger partial charge in [0.25, 0.3) is 0 Å². The van der Waals surface area contributed by atoms with Gasteiger partial charge in [0.2, 0.25) is 5.40 Å². The number of nitrogens with two attached hydrogens (primary N) is 1. The largest absolute Gasteiger partial charge is 0.394 e. The average Bonchev–Trinajstić information content (AvgIpc) is 2.65. The predicted octanol–water partition coefficient (Wildman–Crippen LogP) is -3.25. The molecule has 0 aromatic rings. The molecule has 1 unspecified atom stereocenters. The lowest BCUT2D eigenvalue weighted by atomic mass is 10.1. The molecule has 0 spiro atoms. The van der Waals surface area contributed by atoms with Crippen molar-refractivity contribution >= 4 is 13.6 Å². The molecule has 0 aromatic heterocycles. The van der Waals surface area contributed by atoms with Gasteiger partial charge in [-0.05, 0) is 6.08 Å². The van der Waals surface area contributed by atoms with Gasteiger partial charge in [0.15, 0.2) is 6.23 Å². The summed E-state index contributed by atoms with van der Waals surface area (Å²) in [5.41, 5.74) is 5.40. The lowest BCUT2D eigenvalue weighted by Crippen LogP contribution is -2.62. The van der Waals surface area contributed by atoms with Crippen LogP contribution in [0.15, 0.2) is 12.3 Å². The summed E-state index contributed by atoms with van der Waals surface area (Å²) in [6, 6.07) is -1.03. The van der Waals surface area contributed by atoms with Crippen molar-refractivity contribution in [3.63, 3.8) is 0 Å². The highest BCUT2D eigenvalue weighted by Gasteiger charge is 2.51. The fraction of sp³-hybridized carbons (Fsp3) is 0.667. The molecule has 12 heteroatoms. The third-order valence-electron chi connectivity index (χ3n) is 3.30. The first-order chi connectivity index (χ1) is 9.60. The van der Waals surface area contributed by atoms with Gasteiger partial charge in [0.05, 0.1) is 6.61 Å². The summed E-state index contributed by atoms with van der Waals surface area (Å²) in [6.45, 7) is -0.572. The average molecular weight is 325 g/mol. The maximum atomic E-state index is 11.9. The first kappa shape index (κ1) is 16.3. The smallest absolute Gasteiger partial charge is 0.369 e. The zero-order valence-corrected chi connectivity index (χ0v) is 11.5. The number of ether oxygens (including phenoxy) is 1. The number of carbonyl (C=O) groups excluding carboxylic acids is 1. The molecule has 1 saturated heterocycles. The summed E-state index contributed by atoms with van der Waals surface area (Å²) in [5, 5.41) is 27.9. The van der Waals surface area contributed by atoms with E-state index in [1.54, 1.807) is 0 Å². The molecule has 0 radical (unpaired) electrons. The number of rotatable bonds is 3. The summed E-state index contributed by atoms with van der Waals surface area (Å²) in [4.78, 5) is 30.9. The third kappa shape index (κ3) is 2.70. The van der Waals surface area contributed by atoms with Crippen molar-refractivity contribution in [2.45, 2.75) is 29.9 Å². The number of aliphatic hydroxyl groups is 3. The van der Waals surface area contributed by atoms with E-state index in [-0.39, 0.29) is 0 Å². The van der Waals surface area contributed by atoms with Crippen LogP contribution in [0.25, 0.3) is 0 Å². The van der Waals surface area contributed by atoms with Gasteiger partial charge in [-0.25, -0.2) is 4.79 Å². The number of carbonyl (C=O) groups is 1. The van der Waals surface area contributed by atoms with E-state index in [0.717, 1.165) is 17.2 Å². The first-order valence-electron chi connectivity index (χ1n) is 5.87. The molecule has 2 heterocycles. The molecule has 0 saturated carbocycles. The van der Waals surface area contributed by atoms with E-state index in [4.69, 9.17) is 25.4 Å². The third-order valence-corrected chi connectivity index (χ3v) is 4.53. The lowest BCUT2D eigenvalue weighted by Gasteiger charge is -2.37. The van der Waals surface area contributed by atoms with E-state index < -0.39 is 50.2 Å². The van der Waals surface area contributed by atoms with Crippen molar-refractivity contribution in [1.29, 1.82) is 0 Å². The van der Waals surface area contributed by atoms with E-state index in [2.05, 4.69) is 0 Å². The number of nitrogens with zero attached hydrogens (tertiary/aromatic N) is 1. The molecule has 11 nitrogen and oxygen atoms in total. The number of urea groups is 1. The van der Waals surface area contributed by atoms with Gasteiger partial charge >= 0.3 is 13.6 Å². The Morgan fingerprint density at radius 2 is 2.05 bits per heavy atom. The zero-order chi connectivity index (χ0) is 16.0. The van der Waals surface area contributed by atoms with Crippen LogP contribution in [0, 0.1) is 0 Å². The lowest BCUT2D eigenvalue weighted by molar-refractivity contribution is -0.0664. The van der Waals surface area contributed by atoms with Crippen molar-refractivity contribution in [3.8, 4) is 0 Å². The summed E-state index contributed by atoms with van der Waals surface area (Å²) in [5.74, 6) is 0. The second-order valence-electron chi connectivity index (χ2n) is 4.75. The molecule has 2 amide bonds. The number of hydrogen-bond acceptors (Lipinski definition) is 7. The fourth-order valence-corrected chi connectivity index (χ4v) is 2.52. The molecular formula is C9H16N3O8P. The van der Waals surface area contributed by atoms with Crippen molar-refractivity contribution < 1.29 is 39.2 Å². The Labute approximate surface area is 118 Å². The summed E-state index contributed by atoms with van der Waals surface area (Å²) in [7, 11) is -4.85. The van der Waals surface area contributed by atoms with Crippen molar-refractivity contribution in [2.75, 3.05) is 6.61 Å². The highest BCUT2D eigenvalue weighted by molar-refractivity contribution is 7.53. The molecule has 21 heavy (non-hydrogen) atoms. The van der Waals surface area contributed by atoms with E-state index >= 15 is 0 Å². The Morgan fingerprint density at radius 1 is 1.43 bits per heavy atom. The van der Waals surface area contributed by atoms with Crippen LogP contribution in [-0.2, 0) is 9.30 Å². The Balaban J connectivity index is 2.23. The van der Waals surface area contributed by atoms with Crippen LogP contribution in [-0.4, -0.2) is 72.6 Å². The van der Waals surface area contributed by atoms with Gasteiger partial charge in [0, 0.05) is 6.20 Å². The van der Waals surface area contributed by atoms with Gasteiger partial charge < -0.3 is 35.2 Å². The number of hydrogen-bond donors (Lipinski definition) is 7. The predicted molar refractivity (Wildman–Crippen MR) is 66.2 cm³/mol. The SMILES string of the molecule is NC1(P(=O)(O)O)C=CN([C@@H]2O[C@H](CO)[C@@H](O)[C@H]2O)C(=O)N1. The molecule has 120 valence electrons. The summed E-state index contributed by atoms with van der Waals surface area (Å²) >= 11 is 0. The normalized spacial score (nSPS) is 40.5. The van der Waals surface area contributed by atoms with Crippen LogP contribution in [0.4, 0.5) is 4.79 Å². The van der Waals surface area contributed by atoms with Crippen molar-refractivity contribution in [3.05, 3.63) is 12.3 Å². The standard InChI is InChI=1S/C9H16N3O8P/c10-9(21(17,18)19)1-2-12(8(16)11-9)7-6(15)5(14)4(3-13)20-7/h1-2,4-7,13-15H,3,10H2,(H,11,16)(H2,17,18,19)/t4-,5-,6-,7-,9?/m1/s1. The van der Waals surface area contributed by atoms with Gasteiger partial charge in [-0.15, -0.1) is 0 Å². The fourth-order valence-electron chi connectivity index (χ4n) is 2.02. The molecule has 5 atom stereocenters. The topological polar surface area (TPSA) is 186 Å². The number of amides is 2. The minimum atomic E-state index is -4.85. The Bertz CT molecular complexity index is 509. The highest BCUT2D eigenvalue weighted by Crippen LogP contribution is 2.47. The summed E-state index contributed by atoms with van der Waals surface area (Å²) < 4.78 is 16.4. The molecule has 2 aliphatic heterocycles. The van der Waals surface area contributed by atoms with Crippen LogP contribution in [0.2, 0.25) is 0 Å². The van der Waals surface area contributed by atoms with Crippen LogP contribution in [0.3, 0.4) is 0 Å². The monoisotopic (exact) mass is 325 g/mol. The molecule has 8 N–H and O–H groups in total. The van der Waals surface area contributed by atoms with E-state index in [1.807, 2.05) is 5.32 Å². The Hall–Kier alpha value is -1.04. The van der Waals surface area contributed by atoms with E-state index in [0.29, 0.717) is 0 Å². The molecule has 2 aliphatic rings. The van der Waals surface area contributed by atoms with E-state index in [1.165, 1.54) is 0 Å². The molecule has 0 bridgehead atoms. The van der Waals surface area contributed by atoms with Gasteiger partial charge in [-0.1, -0.05) is 0 Å². The molecule has 1 fully saturated rings. The maximum Gasteiger partial charge on any atom is 0.369 e. The zero-order valence-electron chi connectivity index (χ0n) is 10.6. The molecular weight excluding hydrogens is 309 g/mol. The second-order valence-corrected chi connectivity index (χ2v) is 6.58. The highest BCUT2D eigenvalue weighted by atomic mass is 31.2. The van der Waals surface area contributed by atoms with Crippen molar-refractivity contribution in [2.24, 2.45) is 5.73 Å². The van der Waals surface area contributed by atoms with Crippen LogP contribution >= 0.6 is 7.60 Å². The molecule has 0 aliphatic carbocycles. The molecule has 0 aromatic carbocycles. The summed E-state index contributed by atoms with van der Waals surface area (Å²) in [6.07, 6.45) is -3.53.